The second kappa shape index (κ2) is 30.9. The van der Waals surface area contributed by atoms with Crippen LogP contribution in [0.2, 0.25) is 0 Å². The number of thiophene rings is 2. The summed E-state index contributed by atoms with van der Waals surface area (Å²) in [6.07, 6.45) is 0. The van der Waals surface area contributed by atoms with Gasteiger partial charge >= 0.3 is 7.12 Å². The molecule has 6 heterocycles. The molecule has 0 aliphatic carbocycles. The van der Waals surface area contributed by atoms with E-state index in [2.05, 4.69) is 319 Å². The zero-order valence-corrected chi connectivity index (χ0v) is 65.4. The SMILES string of the molecule is Brc1nc(-c2ccccc2)nc(-c2cccc(-c3ccccc3)c2)n1.OB(O)c1cc(-n2c3ccccc3c3ccc(-c4ccccc4)cc32)cc2c1sc1ccccc12.c1ccc(-c2cccc(-c3nc(-c4ccccc4)nc(-c4cc(-n5c6ccccc6c6ccc(-c7ccccc7)cc65)cc5c4sc4ccccc45)n3)c2)cc1. The summed E-state index contributed by atoms with van der Waals surface area (Å²) in [7, 11) is -1.56. The van der Waals surface area contributed by atoms with Gasteiger partial charge in [-0.2, -0.15) is 0 Å². The number of aromatic nitrogens is 8. The Kier molecular flexibility index (Phi) is 18.9. The summed E-state index contributed by atoms with van der Waals surface area (Å²) in [6, 6.07) is 135. The van der Waals surface area contributed by atoms with Crippen molar-refractivity contribution < 1.29 is 10.0 Å². The molecule has 0 aliphatic heterocycles. The molecule has 22 aromatic rings. The van der Waals surface area contributed by atoms with Gasteiger partial charge < -0.3 is 19.2 Å². The van der Waals surface area contributed by atoms with Crippen molar-refractivity contribution >= 4 is 135 Å². The molecule has 548 valence electrons. The normalized spacial score (nSPS) is 11.4. The lowest BCUT2D eigenvalue weighted by Crippen LogP contribution is -2.30. The van der Waals surface area contributed by atoms with Crippen molar-refractivity contribution in [3.05, 3.63) is 393 Å². The zero-order chi connectivity index (χ0) is 77.6. The fraction of sp³-hybridized carbons (Fsp3) is 0. The van der Waals surface area contributed by atoms with Crippen LogP contribution in [0.5, 0.6) is 0 Å². The van der Waals surface area contributed by atoms with Crippen LogP contribution in [0, 0.1) is 0 Å². The molecule has 0 fully saturated rings. The van der Waals surface area contributed by atoms with Crippen LogP contribution in [0.25, 0.3) is 197 Å². The lowest BCUT2D eigenvalue weighted by molar-refractivity contribution is 0.426. The molecule has 16 aromatic carbocycles. The van der Waals surface area contributed by atoms with Gasteiger partial charge in [0.05, 0.1) is 22.1 Å². The predicted molar refractivity (Wildman–Crippen MR) is 487 cm³/mol. The van der Waals surface area contributed by atoms with Gasteiger partial charge in [-0.25, -0.2) is 29.9 Å². The third-order valence-electron chi connectivity index (χ3n) is 21.3. The van der Waals surface area contributed by atoms with E-state index in [4.69, 9.17) is 15.0 Å². The van der Waals surface area contributed by atoms with Crippen molar-refractivity contribution in [2.24, 2.45) is 0 Å². The highest BCUT2D eigenvalue weighted by Crippen LogP contribution is 2.45. The lowest BCUT2D eigenvalue weighted by Gasteiger charge is -2.14. The number of para-hydroxylation sites is 2. The van der Waals surface area contributed by atoms with Gasteiger partial charge in [0.2, 0.25) is 4.73 Å². The largest absolute Gasteiger partial charge is 0.489 e. The van der Waals surface area contributed by atoms with Crippen LogP contribution >= 0.6 is 38.6 Å². The molecule has 14 heteroatoms. The summed E-state index contributed by atoms with van der Waals surface area (Å²) >= 11 is 6.80. The first-order chi connectivity index (χ1) is 57.2. The molecular weight excluding hydrogens is 1520 g/mol. The van der Waals surface area contributed by atoms with Crippen molar-refractivity contribution in [3.8, 4) is 113 Å². The lowest BCUT2D eigenvalue weighted by atomic mass is 9.79. The maximum atomic E-state index is 10.3. The molecule has 22 rings (SSSR count). The number of nitrogens with zero attached hydrogens (tertiary/aromatic N) is 8. The minimum Gasteiger partial charge on any atom is -0.423 e. The number of fused-ring (bicyclic) bond motifs is 12. The van der Waals surface area contributed by atoms with Crippen LogP contribution in [0.4, 0.5) is 0 Å². The zero-order valence-electron chi connectivity index (χ0n) is 62.2. The summed E-state index contributed by atoms with van der Waals surface area (Å²) in [5.74, 6) is 3.22. The Morgan fingerprint density at radius 3 is 1.00 bits per heavy atom. The third kappa shape index (κ3) is 13.7. The molecule has 0 aliphatic rings. The Balaban J connectivity index is 0.000000123. The Morgan fingerprint density at radius 2 is 0.552 bits per heavy atom. The summed E-state index contributed by atoms with van der Waals surface area (Å²) in [5, 5.41) is 30.0. The first-order valence-electron chi connectivity index (χ1n) is 38.3. The van der Waals surface area contributed by atoms with Crippen molar-refractivity contribution in [1.29, 1.82) is 0 Å². The summed E-state index contributed by atoms with van der Waals surface area (Å²) in [6.45, 7) is 0. The molecule has 0 saturated heterocycles. The van der Waals surface area contributed by atoms with Crippen molar-refractivity contribution in [3.63, 3.8) is 0 Å². The molecule has 0 atom stereocenters. The maximum absolute atomic E-state index is 10.3. The van der Waals surface area contributed by atoms with Crippen molar-refractivity contribution in [2.75, 3.05) is 0 Å². The first-order valence-corrected chi connectivity index (χ1v) is 40.7. The Hall–Kier alpha value is -14.0. The second-order valence-electron chi connectivity index (χ2n) is 28.4. The minimum atomic E-state index is -1.56. The Bertz CT molecular complexity index is 7450. The molecule has 0 spiro atoms. The third-order valence-corrected chi connectivity index (χ3v) is 24.1. The molecular formula is C102H66BBrN8O2S2. The average molecular weight is 1590 g/mol. The molecule has 6 aromatic heterocycles. The predicted octanol–water partition coefficient (Wildman–Crippen LogP) is 25.8. The van der Waals surface area contributed by atoms with E-state index >= 15 is 0 Å². The quantitative estimate of drug-likeness (QED) is 0.116. The molecule has 0 radical (unpaired) electrons. The van der Waals surface area contributed by atoms with Gasteiger partial charge in [-0.15, -0.1) is 22.7 Å². The molecule has 116 heavy (non-hydrogen) atoms. The van der Waals surface area contributed by atoms with Gasteiger partial charge in [-0.3, -0.25) is 0 Å². The van der Waals surface area contributed by atoms with Crippen LogP contribution in [-0.2, 0) is 0 Å². The van der Waals surface area contributed by atoms with E-state index in [0.29, 0.717) is 39.3 Å². The van der Waals surface area contributed by atoms with Gasteiger partial charge in [-0.05, 0) is 133 Å². The summed E-state index contributed by atoms with van der Waals surface area (Å²) < 4.78 is 9.61. The molecule has 2 N–H and O–H groups in total. The van der Waals surface area contributed by atoms with Gasteiger partial charge in [-0.1, -0.05) is 315 Å². The molecule has 10 nitrogen and oxygen atoms in total. The van der Waals surface area contributed by atoms with E-state index in [1.54, 1.807) is 22.7 Å². The second-order valence-corrected chi connectivity index (χ2v) is 31.3. The number of hydrogen-bond donors (Lipinski definition) is 2. The Labute approximate surface area is 684 Å². The van der Waals surface area contributed by atoms with Gasteiger partial charge in [0.1, 0.15) is 0 Å². The summed E-state index contributed by atoms with van der Waals surface area (Å²) in [5.41, 5.74) is 21.0. The number of benzene rings is 16. The van der Waals surface area contributed by atoms with E-state index in [1.807, 2.05) is 109 Å². The fourth-order valence-corrected chi connectivity index (χ4v) is 18.6. The highest BCUT2D eigenvalue weighted by Gasteiger charge is 2.25. The standard InChI is InChI=1S/C51H32N4S.C30H20BNO2S.C21H14BrN3/c1-4-15-33(16-5-1)36-21-14-22-38(29-36)50-52-49(35-19-8-3-9-20-35)53-51(54-50)44-32-39(31-43-42-24-11-13-26-47(42)56-48(43)44)55-45-25-12-10-23-40(45)41-28-27-37(30-46(41)55)34-17-6-2-7-18-34;33-31(34)26-18-21(17-25-24-11-5-7-13-29(24)35-30(25)26)32-27-12-6-4-10-22(27)23-15-14-20(16-28(23)32)19-8-2-1-3-9-19;22-21-24-19(16-10-5-2-6-11-16)23-20(25-21)18-13-7-12-17(14-18)15-8-3-1-4-9-15/h1-32H;1-18,33-34H;1-14H. The fourth-order valence-electron chi connectivity index (χ4n) is 15.9. The number of rotatable bonds is 12. The van der Waals surface area contributed by atoms with E-state index in [1.165, 1.54) is 53.7 Å². The van der Waals surface area contributed by atoms with Gasteiger partial charge in [0.25, 0.3) is 0 Å². The molecule has 0 saturated carbocycles. The molecule has 0 amide bonds. The Morgan fingerprint density at radius 1 is 0.233 bits per heavy atom. The van der Waals surface area contributed by atoms with E-state index in [-0.39, 0.29) is 0 Å². The first kappa shape index (κ1) is 71.1. The summed E-state index contributed by atoms with van der Waals surface area (Å²) in [4.78, 5) is 29.3. The maximum Gasteiger partial charge on any atom is 0.489 e. The van der Waals surface area contributed by atoms with E-state index in [9.17, 15) is 10.0 Å². The van der Waals surface area contributed by atoms with Gasteiger partial charge in [0.15, 0.2) is 29.1 Å². The number of hydrogen-bond acceptors (Lipinski definition) is 10. The highest BCUT2D eigenvalue weighted by molar-refractivity contribution is 9.10. The van der Waals surface area contributed by atoms with Crippen molar-refractivity contribution in [1.82, 2.24) is 39.0 Å². The number of halogens is 1. The highest BCUT2D eigenvalue weighted by atomic mass is 79.9. The van der Waals surface area contributed by atoms with Crippen molar-refractivity contribution in [2.45, 2.75) is 0 Å². The van der Waals surface area contributed by atoms with Crippen LogP contribution < -0.4 is 5.46 Å². The van der Waals surface area contributed by atoms with Crippen LogP contribution in [0.15, 0.2) is 393 Å². The van der Waals surface area contributed by atoms with E-state index in [0.717, 1.165) is 114 Å². The van der Waals surface area contributed by atoms with Crippen LogP contribution in [0.3, 0.4) is 0 Å². The minimum absolute atomic E-state index is 0.529. The smallest absolute Gasteiger partial charge is 0.423 e. The van der Waals surface area contributed by atoms with Gasteiger partial charge in [0, 0.05) is 107 Å². The van der Waals surface area contributed by atoms with E-state index < -0.39 is 7.12 Å². The van der Waals surface area contributed by atoms with Crippen LogP contribution in [-0.4, -0.2) is 56.2 Å². The van der Waals surface area contributed by atoms with Crippen LogP contribution in [0.1, 0.15) is 0 Å². The monoisotopic (exact) mass is 1590 g/mol. The molecule has 0 unspecified atom stereocenters. The topological polar surface area (TPSA) is 128 Å². The molecule has 0 bridgehead atoms. The average Bonchev–Trinajstić information content (AvgIpc) is 1.57.